The van der Waals surface area contributed by atoms with Gasteiger partial charge < -0.3 is 0 Å². The lowest BCUT2D eigenvalue weighted by molar-refractivity contribution is 1.97. The molecule has 8 heavy (non-hydrogen) atoms. The highest BCUT2D eigenvalue weighted by Gasteiger charge is 1.56. The van der Waals surface area contributed by atoms with E-state index in [9.17, 15) is 0 Å². The van der Waals surface area contributed by atoms with Gasteiger partial charge in [-0.1, -0.05) is 56.2 Å². The zero-order valence-electron chi connectivity index (χ0n) is 4.22. The molecule has 0 unspecified atom stereocenters. The van der Waals surface area contributed by atoms with Gasteiger partial charge in [-0.15, -0.1) is 0 Å². The summed E-state index contributed by atoms with van der Waals surface area (Å²) in [5.74, 6) is 0. The van der Waals surface area contributed by atoms with Crippen molar-refractivity contribution in [3.63, 3.8) is 0 Å². The maximum Gasteiger partial charge on any atom is -0.0189 e. The second-order valence-corrected chi connectivity index (χ2v) is 2.08. The van der Waals surface area contributed by atoms with E-state index in [4.69, 9.17) is 0 Å². The molecule has 44 valence electrons. The molecule has 0 heterocycles. The van der Waals surface area contributed by atoms with E-state index in [2.05, 4.69) is 31.9 Å². The van der Waals surface area contributed by atoms with Gasteiger partial charge >= 0.3 is 0 Å². The zero-order valence-corrected chi connectivity index (χ0v) is 7.39. The molecule has 0 aliphatic heterocycles. The lowest BCUT2D eigenvalue weighted by atomic mass is 10.5. The molecular formula is C6H6Br2. The largest absolute Gasteiger partial charge is 0.0617 e. The van der Waals surface area contributed by atoms with E-state index in [1.54, 1.807) is 9.97 Å². The molecule has 0 N–H and O–H groups in total. The van der Waals surface area contributed by atoms with Gasteiger partial charge in [0.2, 0.25) is 0 Å². The first-order valence-electron chi connectivity index (χ1n) is 2.10. The van der Waals surface area contributed by atoms with Crippen molar-refractivity contribution in [2.45, 2.75) is 0 Å². The Balaban J connectivity index is 3.35. The molecular weight excluding hydrogens is 232 g/mol. The minimum absolute atomic E-state index is 1.80. The number of hydrogen-bond donors (Lipinski definition) is 0. The van der Waals surface area contributed by atoms with Crippen LogP contribution >= 0.6 is 31.9 Å². The van der Waals surface area contributed by atoms with E-state index in [0.29, 0.717) is 0 Å². The van der Waals surface area contributed by atoms with Crippen molar-refractivity contribution in [2.24, 2.45) is 0 Å². The van der Waals surface area contributed by atoms with Crippen molar-refractivity contribution in [3.8, 4) is 0 Å². The summed E-state index contributed by atoms with van der Waals surface area (Å²) in [4.78, 5) is 3.59. The van der Waals surface area contributed by atoms with Crippen molar-refractivity contribution < 1.29 is 0 Å². The molecule has 0 aromatic carbocycles. The first-order valence-corrected chi connectivity index (χ1v) is 3.93. The van der Waals surface area contributed by atoms with Gasteiger partial charge in [-0.05, 0) is 9.97 Å². The van der Waals surface area contributed by atoms with Crippen LogP contribution in [0.15, 0.2) is 34.3 Å². The molecule has 0 rings (SSSR count). The van der Waals surface area contributed by atoms with Gasteiger partial charge in [0.15, 0.2) is 0 Å². The minimum Gasteiger partial charge on any atom is -0.0617 e. The van der Waals surface area contributed by atoms with Gasteiger partial charge in [0.05, 0.1) is 0 Å². The fourth-order valence-corrected chi connectivity index (χ4v) is 0.565. The molecule has 0 atom stereocenters. The molecule has 0 spiro atoms. The van der Waals surface area contributed by atoms with Crippen LogP contribution in [-0.2, 0) is 0 Å². The van der Waals surface area contributed by atoms with E-state index >= 15 is 0 Å². The van der Waals surface area contributed by atoms with Crippen LogP contribution in [0.3, 0.4) is 0 Å². The van der Waals surface area contributed by atoms with Crippen LogP contribution in [-0.4, -0.2) is 0 Å². The van der Waals surface area contributed by atoms with Gasteiger partial charge in [-0.2, -0.15) is 0 Å². The summed E-state index contributed by atoms with van der Waals surface area (Å²) in [6.45, 7) is 0. The summed E-state index contributed by atoms with van der Waals surface area (Å²) in [5, 5.41) is 0. The second-order valence-electron chi connectivity index (χ2n) is 1.02. The molecule has 0 saturated carbocycles. The predicted octanol–water partition coefficient (Wildman–Crippen LogP) is 3.36. The smallest absolute Gasteiger partial charge is 0.0189 e. The Morgan fingerprint density at radius 3 is 1.25 bits per heavy atom. The normalized spacial score (nSPS) is 12.8. The lowest BCUT2D eigenvalue weighted by Gasteiger charge is -1.66. The maximum atomic E-state index is 3.13. The number of allylic oxidation sites excluding steroid dienone is 4. The van der Waals surface area contributed by atoms with E-state index < -0.39 is 0 Å². The van der Waals surface area contributed by atoms with Crippen LogP contribution in [0, 0.1) is 0 Å². The Bertz CT molecular complexity index is 97.7. The Kier molecular flexibility index (Phi) is 7.34. The van der Waals surface area contributed by atoms with Gasteiger partial charge in [-0.3, -0.25) is 0 Å². The van der Waals surface area contributed by atoms with Gasteiger partial charge in [0.1, 0.15) is 0 Å². The monoisotopic (exact) mass is 236 g/mol. The van der Waals surface area contributed by atoms with E-state index in [0.717, 1.165) is 0 Å². The highest BCUT2D eigenvalue weighted by atomic mass is 79.9. The summed E-state index contributed by atoms with van der Waals surface area (Å²) < 4.78 is 0. The summed E-state index contributed by atoms with van der Waals surface area (Å²) >= 11 is 6.27. The zero-order chi connectivity index (χ0) is 6.24. The van der Waals surface area contributed by atoms with Crippen molar-refractivity contribution in [1.82, 2.24) is 0 Å². The molecule has 0 nitrogen and oxygen atoms in total. The molecule has 0 fully saturated rings. The van der Waals surface area contributed by atoms with E-state index in [-0.39, 0.29) is 0 Å². The standard InChI is InChI=1S/C6H6Br2/c7-5-3-1-2-4-6-8/h1-6H. The SMILES string of the molecule is BrC=CC=CC=CBr. The van der Waals surface area contributed by atoms with Gasteiger partial charge in [0.25, 0.3) is 0 Å². The van der Waals surface area contributed by atoms with Crippen molar-refractivity contribution in [2.75, 3.05) is 0 Å². The molecule has 0 saturated heterocycles. The molecule has 0 aliphatic rings. The number of halogens is 2. The molecule has 2 heteroatoms. The van der Waals surface area contributed by atoms with Crippen LogP contribution in [0.1, 0.15) is 0 Å². The van der Waals surface area contributed by atoms with Crippen LogP contribution < -0.4 is 0 Å². The molecule has 0 aromatic rings. The average molecular weight is 238 g/mol. The molecule has 0 aromatic heterocycles. The third-order valence-corrected chi connectivity index (χ3v) is 1.09. The van der Waals surface area contributed by atoms with Crippen LogP contribution in [0.5, 0.6) is 0 Å². The van der Waals surface area contributed by atoms with Gasteiger partial charge in [-0.25, -0.2) is 0 Å². The summed E-state index contributed by atoms with van der Waals surface area (Å²) in [5.41, 5.74) is 0. The number of hydrogen-bond acceptors (Lipinski definition) is 0. The van der Waals surface area contributed by atoms with Crippen molar-refractivity contribution >= 4 is 31.9 Å². The average Bonchev–Trinajstić information content (AvgIpc) is 1.81. The lowest BCUT2D eigenvalue weighted by Crippen LogP contribution is -1.43. The summed E-state index contributed by atoms with van der Waals surface area (Å²) in [6.07, 6.45) is 7.64. The van der Waals surface area contributed by atoms with Crippen molar-refractivity contribution in [3.05, 3.63) is 34.3 Å². The van der Waals surface area contributed by atoms with E-state index in [1.807, 2.05) is 24.3 Å². The third-order valence-electron chi connectivity index (χ3n) is 0.479. The Morgan fingerprint density at radius 2 is 1.00 bits per heavy atom. The molecule has 0 aliphatic carbocycles. The Morgan fingerprint density at radius 1 is 0.625 bits per heavy atom. The highest BCUT2D eigenvalue weighted by Crippen LogP contribution is 1.86. The Labute approximate surface area is 66.2 Å². The van der Waals surface area contributed by atoms with Crippen LogP contribution in [0.2, 0.25) is 0 Å². The first-order chi connectivity index (χ1) is 3.91. The summed E-state index contributed by atoms with van der Waals surface area (Å²) in [6, 6.07) is 0. The molecule has 0 amide bonds. The van der Waals surface area contributed by atoms with E-state index in [1.165, 1.54) is 0 Å². The third kappa shape index (κ3) is 6.18. The quantitative estimate of drug-likeness (QED) is 0.647. The first kappa shape index (κ1) is 8.18. The minimum atomic E-state index is 1.80. The van der Waals surface area contributed by atoms with Crippen LogP contribution in [0.4, 0.5) is 0 Å². The Hall–Kier alpha value is 0.180. The topological polar surface area (TPSA) is 0 Å². The second kappa shape index (κ2) is 7.18. The maximum absolute atomic E-state index is 3.13. The number of rotatable bonds is 2. The predicted molar refractivity (Wildman–Crippen MR) is 45.3 cm³/mol. The summed E-state index contributed by atoms with van der Waals surface area (Å²) in [7, 11) is 0. The van der Waals surface area contributed by atoms with Gasteiger partial charge in [0, 0.05) is 0 Å². The fraction of sp³-hybridized carbons (Fsp3) is 0. The molecule has 0 radical (unpaired) electrons. The highest BCUT2D eigenvalue weighted by molar-refractivity contribution is 9.11. The fourth-order valence-electron chi connectivity index (χ4n) is 0.212. The van der Waals surface area contributed by atoms with Crippen molar-refractivity contribution in [1.29, 1.82) is 0 Å². The molecule has 0 bridgehead atoms. The van der Waals surface area contributed by atoms with Crippen LogP contribution in [0.25, 0.3) is 0 Å².